The van der Waals surface area contributed by atoms with E-state index < -0.39 is 11.9 Å². The summed E-state index contributed by atoms with van der Waals surface area (Å²) in [6, 6.07) is 0. The molecule has 0 unspecified atom stereocenters. The monoisotopic (exact) mass is 710 g/mol. The Labute approximate surface area is 304 Å². The lowest BCUT2D eigenvalue weighted by Gasteiger charge is -2.22. The van der Waals surface area contributed by atoms with Crippen molar-refractivity contribution in [1.29, 1.82) is 0 Å². The lowest BCUT2D eigenvalue weighted by molar-refractivity contribution is -0.139. The van der Waals surface area contributed by atoms with Crippen LogP contribution in [0, 0.1) is 0 Å². The number of hydrogen-bond acceptors (Lipinski definition) is 10. The Kier molecular flexibility index (Phi) is 15.5. The second-order valence-electron chi connectivity index (χ2n) is 12.4. The number of carbonyl (C=O) groups excluding carboxylic acids is 2. The van der Waals surface area contributed by atoms with Crippen LogP contribution in [0.5, 0.6) is 0 Å². The maximum atomic E-state index is 12.6. The average Bonchev–Trinajstić information content (AvgIpc) is 3.10. The normalized spacial score (nSPS) is 18.4. The highest BCUT2D eigenvalue weighted by Gasteiger charge is 2.19. The van der Waals surface area contributed by atoms with E-state index in [1.807, 2.05) is 97.3 Å². The van der Waals surface area contributed by atoms with Crippen LogP contribution in [0.2, 0.25) is 0 Å². The van der Waals surface area contributed by atoms with Crippen molar-refractivity contribution in [2.45, 2.75) is 0 Å². The molecule has 0 radical (unpaired) electrons. The van der Waals surface area contributed by atoms with Crippen LogP contribution in [-0.4, -0.2) is 133 Å². The molecule has 0 fully saturated rings. The van der Waals surface area contributed by atoms with Gasteiger partial charge in [0.2, 0.25) is 0 Å². The average molecular weight is 711 g/mol. The quantitative estimate of drug-likeness (QED) is 0.190. The minimum atomic E-state index is -1.01. The number of carbonyl (C=O) groups is 4. The number of hydrogen-bond donors (Lipinski definition) is 2. The molecule has 0 aromatic heterocycles. The van der Waals surface area contributed by atoms with E-state index in [0.29, 0.717) is 11.1 Å². The fourth-order valence-corrected chi connectivity index (χ4v) is 5.29. The number of carboxylic acids is 2. The second-order valence-corrected chi connectivity index (χ2v) is 12.4. The minimum Gasteiger partial charge on any atom is -0.480 e. The third kappa shape index (κ3) is 14.1. The van der Waals surface area contributed by atoms with Gasteiger partial charge in [-0.3, -0.25) is 29.0 Å². The van der Waals surface area contributed by atoms with E-state index in [4.69, 9.17) is 9.47 Å². The molecule has 2 aliphatic heterocycles. The summed E-state index contributed by atoms with van der Waals surface area (Å²) in [5.74, 6) is -2.36. The molecule has 2 N–H and O–H groups in total. The standard InChI is InChI=1S/C40H46N4O8/c1-41-15-11-31(12-16-41)3-5-33-7-9-37(45)35(25-33)27-43(29-39(47)48)19-21-51-23-24-52-22-20-44(30-40(49)50)28-36-26-34(8-10-38(36)46)6-4-32-13-17-42(2)18-14-32/h3-18,25-26H,19-24,27-30H2,1-2H3,(H,47,48)(H,49,50)/b33-5-,34-6+. The van der Waals surface area contributed by atoms with E-state index in [9.17, 15) is 29.4 Å². The van der Waals surface area contributed by atoms with Crippen molar-refractivity contribution < 1.29 is 38.9 Å². The number of carboxylic acid groups (broad SMARTS) is 2. The van der Waals surface area contributed by atoms with Crippen LogP contribution in [0.4, 0.5) is 0 Å². The van der Waals surface area contributed by atoms with E-state index in [2.05, 4.69) is 0 Å². The van der Waals surface area contributed by atoms with Gasteiger partial charge >= 0.3 is 11.9 Å². The van der Waals surface area contributed by atoms with Crippen molar-refractivity contribution in [2.24, 2.45) is 0 Å². The first-order chi connectivity index (χ1) is 25.0. The largest absolute Gasteiger partial charge is 0.480 e. The topological polar surface area (TPSA) is 140 Å². The smallest absolute Gasteiger partial charge is 0.317 e. The molecule has 0 aromatic carbocycles. The number of ketones is 2. The van der Waals surface area contributed by atoms with Crippen molar-refractivity contribution in [3.8, 4) is 0 Å². The van der Waals surface area contributed by atoms with Crippen LogP contribution >= 0.6 is 0 Å². The molecular weight excluding hydrogens is 664 g/mol. The van der Waals surface area contributed by atoms with Crippen molar-refractivity contribution in [2.75, 3.05) is 79.8 Å². The molecule has 0 saturated carbocycles. The summed E-state index contributed by atoms with van der Waals surface area (Å²) in [5.41, 5.74) is 4.68. The Morgan fingerprint density at radius 2 is 0.942 bits per heavy atom. The van der Waals surface area contributed by atoms with Gasteiger partial charge in [0.25, 0.3) is 0 Å². The van der Waals surface area contributed by atoms with Gasteiger partial charge in [-0.2, -0.15) is 0 Å². The predicted molar refractivity (Wildman–Crippen MR) is 199 cm³/mol. The fourth-order valence-electron chi connectivity index (χ4n) is 5.29. The maximum Gasteiger partial charge on any atom is 0.317 e. The SMILES string of the molecule is CN1C=CC(=C/C=C2/C=CC(=O)C(CN(CCOCCOCCN(CC(=O)O)CC3=C/C(=C/C=C4C=CN(C)C=C4)C=CC3=O)CC(=O)O)=C2)C=C1. The third-order valence-corrected chi connectivity index (χ3v) is 8.10. The number of allylic oxidation sites excluding steroid dienone is 18. The first-order valence-electron chi connectivity index (χ1n) is 16.9. The molecule has 2 heterocycles. The second kappa shape index (κ2) is 20.4. The summed E-state index contributed by atoms with van der Waals surface area (Å²) in [5, 5.41) is 18.9. The molecule has 2 aliphatic carbocycles. The van der Waals surface area contributed by atoms with E-state index in [1.54, 1.807) is 34.1 Å². The van der Waals surface area contributed by atoms with Crippen LogP contribution in [0.3, 0.4) is 0 Å². The lowest BCUT2D eigenvalue weighted by Crippen LogP contribution is -2.36. The molecule has 0 aromatic rings. The molecule has 52 heavy (non-hydrogen) atoms. The lowest BCUT2D eigenvalue weighted by atomic mass is 9.99. The van der Waals surface area contributed by atoms with Crippen molar-refractivity contribution in [3.05, 3.63) is 143 Å². The Bertz CT molecular complexity index is 1580. The molecule has 0 spiro atoms. The van der Waals surface area contributed by atoms with Crippen molar-refractivity contribution >= 4 is 23.5 Å². The van der Waals surface area contributed by atoms with Gasteiger partial charge in [0, 0.05) is 76.2 Å². The van der Waals surface area contributed by atoms with Gasteiger partial charge in [-0.05, 0) is 70.9 Å². The van der Waals surface area contributed by atoms with Gasteiger partial charge in [0.15, 0.2) is 11.6 Å². The van der Waals surface area contributed by atoms with E-state index >= 15 is 0 Å². The van der Waals surface area contributed by atoms with Gasteiger partial charge in [-0.15, -0.1) is 0 Å². The van der Waals surface area contributed by atoms with Crippen LogP contribution in [0.1, 0.15) is 0 Å². The van der Waals surface area contributed by atoms with E-state index in [1.165, 1.54) is 12.2 Å². The maximum absolute atomic E-state index is 12.6. The minimum absolute atomic E-state index is 0.156. The zero-order valence-corrected chi connectivity index (χ0v) is 29.6. The first kappa shape index (κ1) is 39.4. The zero-order chi connectivity index (χ0) is 37.3. The molecule has 274 valence electrons. The molecule has 0 bridgehead atoms. The molecule has 4 rings (SSSR count). The molecule has 0 amide bonds. The molecule has 0 saturated heterocycles. The van der Waals surface area contributed by atoms with Gasteiger partial charge in [-0.25, -0.2) is 0 Å². The number of nitrogens with zero attached hydrogens (tertiary/aromatic N) is 4. The molecule has 0 atom stereocenters. The van der Waals surface area contributed by atoms with E-state index in [0.717, 1.165) is 22.3 Å². The molecule has 12 heteroatoms. The highest BCUT2D eigenvalue weighted by atomic mass is 16.5. The summed E-state index contributed by atoms with van der Waals surface area (Å²) in [4.78, 5) is 55.5. The number of aliphatic carboxylic acids is 2. The van der Waals surface area contributed by atoms with E-state index in [-0.39, 0.29) is 77.3 Å². The number of rotatable bonds is 19. The highest BCUT2D eigenvalue weighted by Crippen LogP contribution is 2.18. The predicted octanol–water partition coefficient (Wildman–Crippen LogP) is 3.57. The van der Waals surface area contributed by atoms with Crippen molar-refractivity contribution in [3.63, 3.8) is 0 Å². The Balaban J connectivity index is 1.20. The summed E-state index contributed by atoms with van der Waals surface area (Å²) >= 11 is 0. The Hall–Kier alpha value is -5.40. The van der Waals surface area contributed by atoms with Crippen molar-refractivity contribution in [1.82, 2.24) is 19.6 Å². The first-order valence-corrected chi connectivity index (χ1v) is 16.9. The summed E-state index contributed by atoms with van der Waals surface area (Å²) in [6.45, 7) is 1.30. The van der Waals surface area contributed by atoms with Gasteiger partial charge in [0.1, 0.15) is 0 Å². The Morgan fingerprint density at radius 1 is 0.577 bits per heavy atom. The van der Waals surface area contributed by atoms with Gasteiger partial charge < -0.3 is 29.5 Å². The zero-order valence-electron chi connectivity index (χ0n) is 29.6. The Morgan fingerprint density at radius 3 is 1.31 bits per heavy atom. The highest BCUT2D eigenvalue weighted by molar-refractivity contribution is 6.07. The van der Waals surface area contributed by atoms with Crippen LogP contribution in [-0.2, 0) is 28.7 Å². The third-order valence-electron chi connectivity index (χ3n) is 8.10. The van der Waals surface area contributed by atoms with Crippen LogP contribution < -0.4 is 0 Å². The number of ether oxygens (including phenoxy) is 2. The molecule has 4 aliphatic rings. The summed E-state index contributed by atoms with van der Waals surface area (Å²) < 4.78 is 11.4. The van der Waals surface area contributed by atoms with Gasteiger partial charge in [0.05, 0.1) is 39.5 Å². The van der Waals surface area contributed by atoms with Crippen LogP contribution in [0.25, 0.3) is 0 Å². The summed E-state index contributed by atoms with van der Waals surface area (Å²) in [7, 11) is 3.88. The summed E-state index contributed by atoms with van der Waals surface area (Å²) in [6.07, 6.45) is 33.4. The molecule has 12 nitrogen and oxygen atoms in total. The molecular formula is C40H46N4O8. The van der Waals surface area contributed by atoms with Crippen LogP contribution in [0.15, 0.2) is 143 Å². The van der Waals surface area contributed by atoms with Gasteiger partial charge in [-0.1, -0.05) is 36.5 Å². The fraction of sp³-hybridized carbons (Fsp3) is 0.300.